The second kappa shape index (κ2) is 5.51. The number of carbonyl (C=O) groups excluding carboxylic acids is 2. The van der Waals surface area contributed by atoms with Crippen molar-refractivity contribution in [2.24, 2.45) is 10.8 Å². The van der Waals surface area contributed by atoms with Gasteiger partial charge in [-0.25, -0.2) is 0 Å². The van der Waals surface area contributed by atoms with Crippen LogP contribution in [0.4, 0.5) is 0 Å². The van der Waals surface area contributed by atoms with Crippen LogP contribution < -0.4 is 113 Å². The van der Waals surface area contributed by atoms with Crippen molar-refractivity contribution in [2.75, 3.05) is 0 Å². The van der Waals surface area contributed by atoms with E-state index in [4.69, 9.17) is 0 Å². The predicted molar refractivity (Wildman–Crippen MR) is 30.8 cm³/mol. The van der Waals surface area contributed by atoms with E-state index in [0.717, 1.165) is 0 Å². The summed E-state index contributed by atoms with van der Waals surface area (Å²) in [6.07, 6.45) is 0.102. The maximum Gasteiger partial charge on any atom is 1.00 e. The number of carboxylic acid groups (broad SMARTS) is 2. The van der Waals surface area contributed by atoms with Crippen LogP contribution in [0.25, 0.3) is 0 Å². The van der Waals surface area contributed by atoms with Gasteiger partial charge in [0.25, 0.3) is 0 Å². The molecule has 0 aromatic carbocycles. The van der Waals surface area contributed by atoms with Crippen LogP contribution in [0, 0.1) is 10.8 Å². The van der Waals surface area contributed by atoms with Gasteiger partial charge < -0.3 is 19.8 Å². The first-order valence-electron chi connectivity index (χ1n) is 3.27. The van der Waals surface area contributed by atoms with Crippen LogP contribution in [0.2, 0.25) is 0 Å². The molecule has 0 heterocycles. The van der Waals surface area contributed by atoms with Gasteiger partial charge in [-0.1, -0.05) is 13.8 Å². The normalized spacial score (nSPS) is 35.2. The van der Waals surface area contributed by atoms with E-state index >= 15 is 0 Å². The van der Waals surface area contributed by atoms with Crippen molar-refractivity contribution in [1.29, 1.82) is 0 Å². The van der Waals surface area contributed by atoms with Crippen molar-refractivity contribution in [1.82, 2.24) is 0 Å². The summed E-state index contributed by atoms with van der Waals surface area (Å²) in [5.41, 5.74) is -2.46. The minimum absolute atomic E-state index is 0. The Morgan fingerprint density at radius 3 is 1.31 bits per heavy atom. The number of hydrogen-bond donors (Lipinski definition) is 0. The van der Waals surface area contributed by atoms with E-state index in [1.807, 2.05) is 0 Å². The molecule has 0 aliphatic heterocycles. The second-order valence-corrected chi connectivity index (χ2v) is 3.42. The molecule has 0 N–H and O–H groups in total. The average molecular weight is 234 g/mol. The fourth-order valence-electron chi connectivity index (χ4n) is 1.26. The van der Waals surface area contributed by atoms with E-state index < -0.39 is 22.8 Å². The molecule has 6 heteroatoms. The van der Waals surface area contributed by atoms with Crippen molar-refractivity contribution >= 4 is 11.9 Å². The molecule has 1 aliphatic carbocycles. The van der Waals surface area contributed by atoms with Crippen LogP contribution in [0.1, 0.15) is 20.3 Å². The predicted octanol–water partition coefficient (Wildman–Crippen LogP) is -8.09. The molecule has 13 heavy (non-hydrogen) atoms. The molecule has 0 radical (unpaired) electrons. The van der Waals surface area contributed by atoms with E-state index in [0.29, 0.717) is 0 Å². The molecule has 0 bridgehead atoms. The zero-order valence-corrected chi connectivity index (χ0v) is 14.6. The number of aliphatic carboxylic acids is 2. The van der Waals surface area contributed by atoms with E-state index in [2.05, 4.69) is 0 Å². The largest absolute Gasteiger partial charge is 1.00 e. The van der Waals surface area contributed by atoms with Crippen molar-refractivity contribution in [3.63, 3.8) is 0 Å². The van der Waals surface area contributed by atoms with E-state index in [-0.39, 0.29) is 109 Å². The van der Waals surface area contributed by atoms with Gasteiger partial charge in [-0.2, -0.15) is 0 Å². The smallest absolute Gasteiger partial charge is 0.550 e. The third-order valence-corrected chi connectivity index (χ3v) is 2.70. The number of rotatable bonds is 2. The molecule has 0 amide bonds. The molecule has 1 saturated carbocycles. The van der Waals surface area contributed by atoms with Crippen molar-refractivity contribution in [3.05, 3.63) is 0 Å². The van der Waals surface area contributed by atoms with Gasteiger partial charge in [0.2, 0.25) is 0 Å². The summed E-state index contributed by atoms with van der Waals surface area (Å²) in [6.45, 7) is 2.72. The maximum absolute atomic E-state index is 10.4. The Morgan fingerprint density at radius 1 is 1.00 bits per heavy atom. The van der Waals surface area contributed by atoms with Crippen molar-refractivity contribution in [2.45, 2.75) is 20.3 Å². The van der Waals surface area contributed by atoms with Gasteiger partial charge in [-0.3, -0.25) is 0 Å². The fourth-order valence-corrected chi connectivity index (χ4v) is 1.26. The van der Waals surface area contributed by atoms with Crippen molar-refractivity contribution in [3.8, 4) is 0 Å². The van der Waals surface area contributed by atoms with Gasteiger partial charge in [0.05, 0.1) is 0 Å². The van der Waals surface area contributed by atoms with E-state index in [9.17, 15) is 19.8 Å². The third-order valence-electron chi connectivity index (χ3n) is 2.70. The number of hydrogen-bond acceptors (Lipinski definition) is 4. The molecule has 1 fully saturated rings. The molecule has 2 unspecified atom stereocenters. The second-order valence-electron chi connectivity index (χ2n) is 3.42. The molecule has 0 spiro atoms. The summed E-state index contributed by atoms with van der Waals surface area (Å²) < 4.78 is 0. The van der Waals surface area contributed by atoms with Crippen LogP contribution >= 0.6 is 0 Å². The van der Waals surface area contributed by atoms with Crippen LogP contribution in [0.3, 0.4) is 0 Å². The first kappa shape index (κ1) is 17.6. The van der Waals surface area contributed by atoms with Gasteiger partial charge in [-0.15, -0.1) is 0 Å². The minimum Gasteiger partial charge on any atom is -0.550 e. The summed E-state index contributed by atoms with van der Waals surface area (Å²) in [4.78, 5) is 20.8. The fraction of sp³-hybridized carbons (Fsp3) is 0.714. The van der Waals surface area contributed by atoms with Crippen LogP contribution in [0.15, 0.2) is 0 Å². The quantitative estimate of drug-likeness (QED) is 0.444. The maximum atomic E-state index is 10.4. The molecule has 1 rings (SSSR count). The minimum atomic E-state index is -1.32. The topological polar surface area (TPSA) is 80.3 Å². The Labute approximate surface area is 162 Å². The SMILES string of the molecule is CC1(C(=O)[O-])CC1(C)C(=O)[O-].[K+].[K+]. The summed E-state index contributed by atoms with van der Waals surface area (Å²) in [5, 5.41) is 20.8. The van der Waals surface area contributed by atoms with Crippen LogP contribution in [-0.2, 0) is 9.59 Å². The van der Waals surface area contributed by atoms with Gasteiger partial charge >= 0.3 is 103 Å². The molecular weight excluding hydrogens is 226 g/mol. The first-order valence-corrected chi connectivity index (χ1v) is 3.27. The Balaban J connectivity index is 0. The standard InChI is InChI=1S/C7H10O4.2K/c1-6(4(8)9)3-7(6,2)5(10)11;;/h3H2,1-2H3,(H,8,9)(H,10,11);;/q;2*+1/p-2. The monoisotopic (exact) mass is 234 g/mol. The van der Waals surface area contributed by atoms with Gasteiger partial charge in [0.15, 0.2) is 0 Å². The molecule has 2 atom stereocenters. The van der Waals surface area contributed by atoms with Gasteiger partial charge in [-0.05, 0) is 6.42 Å². The van der Waals surface area contributed by atoms with Gasteiger partial charge in [0.1, 0.15) is 0 Å². The Bertz CT molecular complexity index is 219. The zero-order chi connectivity index (χ0) is 8.86. The first-order chi connectivity index (χ1) is 4.84. The summed E-state index contributed by atoms with van der Waals surface area (Å²) >= 11 is 0. The van der Waals surface area contributed by atoms with Crippen LogP contribution in [-0.4, -0.2) is 11.9 Å². The van der Waals surface area contributed by atoms with Crippen molar-refractivity contribution < 1.29 is 123 Å². The number of carboxylic acids is 2. The Morgan fingerprint density at radius 2 is 1.23 bits per heavy atom. The zero-order valence-electron chi connectivity index (χ0n) is 8.34. The van der Waals surface area contributed by atoms with Gasteiger partial charge in [0, 0.05) is 22.8 Å². The Hall–Kier alpha value is 2.21. The molecule has 0 saturated heterocycles. The van der Waals surface area contributed by atoms with E-state index in [1.165, 1.54) is 13.8 Å². The molecule has 1 aliphatic rings. The average Bonchev–Trinajstić information content (AvgIpc) is 2.39. The molecule has 0 aromatic heterocycles. The Kier molecular flexibility index (Phi) is 7.47. The molecule has 0 aromatic rings. The molecule has 4 nitrogen and oxygen atoms in total. The van der Waals surface area contributed by atoms with E-state index in [1.54, 1.807) is 0 Å². The number of carbonyl (C=O) groups is 2. The summed E-state index contributed by atoms with van der Waals surface area (Å²) in [5.74, 6) is -2.63. The molecular formula is C7H8K2O4. The third kappa shape index (κ3) is 2.86. The molecule has 62 valence electrons. The van der Waals surface area contributed by atoms with Crippen LogP contribution in [0.5, 0.6) is 0 Å². The summed E-state index contributed by atoms with van der Waals surface area (Å²) in [6, 6.07) is 0. The summed E-state index contributed by atoms with van der Waals surface area (Å²) in [7, 11) is 0.